The lowest BCUT2D eigenvalue weighted by atomic mass is 9.69. The monoisotopic (exact) mass is 838 g/mol. The Bertz CT molecular complexity index is 1850. The van der Waals surface area contributed by atoms with E-state index in [2.05, 4.69) is 32.7 Å². The van der Waals surface area contributed by atoms with E-state index in [1.54, 1.807) is 13.0 Å². The number of likely N-dealkylation sites (tertiary alicyclic amines) is 1. The number of benzene rings is 1. The lowest BCUT2D eigenvalue weighted by Crippen LogP contribution is -2.57. The number of carbonyl (C=O) groups excluding carboxylic acids is 6. The fourth-order valence-corrected chi connectivity index (χ4v) is 7.74. The summed E-state index contributed by atoms with van der Waals surface area (Å²) in [5, 5.41) is 33.1. The molecule has 11 N–H and O–H groups in total. The molecule has 1 saturated heterocycles. The van der Waals surface area contributed by atoms with Gasteiger partial charge in [0.15, 0.2) is 0 Å². The van der Waals surface area contributed by atoms with E-state index in [0.717, 1.165) is 24.0 Å². The summed E-state index contributed by atoms with van der Waals surface area (Å²) in [7, 11) is 0. The van der Waals surface area contributed by atoms with Crippen LogP contribution < -0.4 is 38.1 Å². The maximum absolute atomic E-state index is 14.8. The van der Waals surface area contributed by atoms with Crippen molar-refractivity contribution < 1.29 is 48.6 Å². The summed E-state index contributed by atoms with van der Waals surface area (Å²) < 4.78 is 0. The van der Waals surface area contributed by atoms with Crippen molar-refractivity contribution >= 4 is 53.1 Å². The number of carboxylic acids is 2. The molecule has 330 valence electrons. The van der Waals surface area contributed by atoms with E-state index in [4.69, 9.17) is 11.5 Å². The number of nitrogens with one attached hydrogen (secondary N) is 5. The smallest absolute Gasteiger partial charge is 0.326 e. The number of rotatable bonds is 23. The minimum Gasteiger partial charge on any atom is -0.481 e. The molecule has 18 nitrogen and oxygen atoms in total. The second-order valence-corrected chi connectivity index (χ2v) is 16.0. The number of aliphatic carboxylic acids is 2. The minimum absolute atomic E-state index is 0.191. The predicted octanol–water partition coefficient (Wildman–Crippen LogP) is 1.40. The number of nitrogens with zero attached hydrogens (tertiary/aromatic N) is 1. The van der Waals surface area contributed by atoms with Gasteiger partial charge in [0.2, 0.25) is 35.4 Å². The fourth-order valence-electron chi connectivity index (χ4n) is 7.74. The molecule has 2 aliphatic rings. The molecule has 0 unspecified atom stereocenters. The molecule has 1 aromatic carbocycles. The van der Waals surface area contributed by atoms with Crippen LogP contribution in [-0.2, 0) is 43.8 Å². The van der Waals surface area contributed by atoms with Crippen LogP contribution in [0.15, 0.2) is 47.6 Å². The van der Waals surface area contributed by atoms with Crippen LogP contribution in [-0.4, -0.2) is 106 Å². The van der Waals surface area contributed by atoms with Gasteiger partial charge in [0.25, 0.3) is 0 Å². The minimum atomic E-state index is -1.56. The van der Waals surface area contributed by atoms with Crippen LogP contribution in [0.25, 0.3) is 0 Å². The molecule has 8 atom stereocenters. The van der Waals surface area contributed by atoms with Gasteiger partial charge in [-0.05, 0) is 77.3 Å². The molecule has 0 aromatic heterocycles. The Labute approximate surface area is 350 Å². The summed E-state index contributed by atoms with van der Waals surface area (Å²) in [6.07, 6.45) is 3.95. The van der Waals surface area contributed by atoms with Crippen molar-refractivity contribution in [3.05, 3.63) is 53.1 Å². The molecule has 1 fully saturated rings. The number of para-hydroxylation sites is 1. The van der Waals surface area contributed by atoms with E-state index >= 15 is 0 Å². The van der Waals surface area contributed by atoms with Gasteiger partial charge in [-0.15, -0.1) is 0 Å². The normalized spacial score (nSPS) is 20.4. The highest BCUT2D eigenvalue weighted by Gasteiger charge is 2.62. The molecule has 1 aromatic rings. The summed E-state index contributed by atoms with van der Waals surface area (Å²) in [6, 6.07) is 2.11. The fraction of sp³-hybridized carbons (Fsp3) is 0.571. The summed E-state index contributed by atoms with van der Waals surface area (Å²) >= 11 is 0. The van der Waals surface area contributed by atoms with Gasteiger partial charge in [-0.2, -0.15) is 0 Å². The molecule has 2 aliphatic heterocycles. The van der Waals surface area contributed by atoms with Crippen LogP contribution in [0.3, 0.4) is 0 Å². The lowest BCUT2D eigenvalue weighted by molar-refractivity contribution is -0.143. The van der Waals surface area contributed by atoms with Crippen LogP contribution in [0, 0.1) is 11.8 Å². The highest BCUT2D eigenvalue weighted by molar-refractivity contribution is 5.95. The van der Waals surface area contributed by atoms with Crippen molar-refractivity contribution in [1.29, 1.82) is 0 Å². The maximum atomic E-state index is 14.8. The van der Waals surface area contributed by atoms with Crippen LogP contribution in [0.1, 0.15) is 98.5 Å². The number of nitrogens with two attached hydrogens (primary N) is 2. The first kappa shape index (κ1) is 48.6. The van der Waals surface area contributed by atoms with Crippen molar-refractivity contribution in [1.82, 2.24) is 26.2 Å². The zero-order chi connectivity index (χ0) is 44.9. The number of carbonyl (C=O) groups is 8. The number of primary amides is 1. The molecule has 6 amide bonds. The summed E-state index contributed by atoms with van der Waals surface area (Å²) in [4.78, 5) is 105. The van der Waals surface area contributed by atoms with Crippen LogP contribution in [0.4, 0.5) is 5.69 Å². The Hall–Kier alpha value is -5.78. The first-order valence-electron chi connectivity index (χ1n) is 20.4. The molecule has 60 heavy (non-hydrogen) atoms. The quantitative estimate of drug-likeness (QED) is 0.0707. The number of hydrogen-bond donors (Lipinski definition) is 9. The molecule has 2 heterocycles. The van der Waals surface area contributed by atoms with Gasteiger partial charge in [0.1, 0.15) is 30.3 Å². The first-order chi connectivity index (χ1) is 28.3. The van der Waals surface area contributed by atoms with E-state index in [1.807, 2.05) is 52.0 Å². The van der Waals surface area contributed by atoms with Gasteiger partial charge in [0, 0.05) is 25.1 Å². The molecule has 0 radical (unpaired) electrons. The van der Waals surface area contributed by atoms with Crippen molar-refractivity contribution in [3.63, 3.8) is 0 Å². The number of hydrogen-bond acceptors (Lipinski definition) is 10. The summed E-state index contributed by atoms with van der Waals surface area (Å²) in [5.41, 5.74) is 13.1. The molecule has 0 aliphatic carbocycles. The second kappa shape index (κ2) is 22.0. The molecular formula is C42H62N8O10. The standard InChI is InChI=1S/C42H62N8O10/c1-7-25(5)35(49-33(52)21-43)38(57)45-26(6)39(58)50-22-28(36(55)46-30(16-18-34(53)54)37(56)47-31(40(59)60)15-17-32(44)51)42(20-19-24(4)12-10-11-23(2)3)27-13-8-9-14-29(27)48-41(42)50/h8-9,11,13-14,19,25-26,28,30-31,35,41,48H,7,10,12,15-18,20-22,43H2,1-6H3,(H2,44,51)(H,45,57)(H,46,55)(H,47,56)(H,49,52)(H,53,54)(H,59,60)/b24-19-/t25-,26-,28+,30-,31-,35-,41+,42-/m0/s1. The SMILES string of the molecule is CC[C@H](C)[C@H](NC(=O)CN)C(=O)N[C@@H](C)C(=O)N1C[C@H](C(=O)N[C@@H](CCC(=O)O)C(=O)N[C@@H](CCC(N)=O)C(=O)O)[C@]2(C/C=C(/C)CCC=C(C)C)c3ccccc3N[C@H]12. The van der Waals surface area contributed by atoms with Crippen LogP contribution >= 0.6 is 0 Å². The number of fused-ring (bicyclic) bond motifs is 3. The highest BCUT2D eigenvalue weighted by Crippen LogP contribution is 2.54. The van der Waals surface area contributed by atoms with Gasteiger partial charge in [-0.25, -0.2) is 4.79 Å². The summed E-state index contributed by atoms with van der Waals surface area (Å²) in [5.74, 6) is -8.22. The molecule has 0 bridgehead atoms. The van der Waals surface area contributed by atoms with Gasteiger partial charge < -0.3 is 53.2 Å². The average molecular weight is 839 g/mol. The number of allylic oxidation sites excluding steroid dienone is 4. The largest absolute Gasteiger partial charge is 0.481 e. The van der Waals surface area contributed by atoms with Gasteiger partial charge in [0.05, 0.1) is 17.9 Å². The van der Waals surface area contributed by atoms with Gasteiger partial charge >= 0.3 is 11.9 Å². The van der Waals surface area contributed by atoms with Crippen LogP contribution in [0.5, 0.6) is 0 Å². The Morgan fingerprint density at radius 1 is 0.900 bits per heavy atom. The van der Waals surface area contributed by atoms with Gasteiger partial charge in [-0.3, -0.25) is 33.6 Å². The topological polar surface area (TPSA) is 292 Å². The van der Waals surface area contributed by atoms with Gasteiger partial charge in [-0.1, -0.05) is 61.8 Å². The third kappa shape index (κ3) is 12.4. The van der Waals surface area contributed by atoms with E-state index < -0.39 is 102 Å². The number of carboxylic acid groups (broad SMARTS) is 2. The maximum Gasteiger partial charge on any atom is 0.326 e. The van der Waals surface area contributed by atoms with Crippen LogP contribution in [0.2, 0.25) is 0 Å². The predicted molar refractivity (Wildman–Crippen MR) is 223 cm³/mol. The molecule has 0 spiro atoms. The van der Waals surface area contributed by atoms with Crippen molar-refractivity contribution in [2.75, 3.05) is 18.4 Å². The Kier molecular flexibility index (Phi) is 17.8. The van der Waals surface area contributed by atoms with E-state index in [-0.39, 0.29) is 38.3 Å². The third-order valence-corrected chi connectivity index (χ3v) is 11.3. The lowest BCUT2D eigenvalue weighted by Gasteiger charge is -2.36. The Morgan fingerprint density at radius 3 is 2.17 bits per heavy atom. The zero-order valence-electron chi connectivity index (χ0n) is 35.3. The Morgan fingerprint density at radius 2 is 1.57 bits per heavy atom. The van der Waals surface area contributed by atoms with Crippen molar-refractivity contribution in [2.24, 2.45) is 23.3 Å². The van der Waals surface area contributed by atoms with E-state index in [9.17, 15) is 48.6 Å². The van der Waals surface area contributed by atoms with Crippen molar-refractivity contribution in [2.45, 2.75) is 129 Å². The second-order valence-electron chi connectivity index (χ2n) is 16.0. The zero-order valence-corrected chi connectivity index (χ0v) is 35.3. The molecule has 3 rings (SSSR count). The van der Waals surface area contributed by atoms with Crippen molar-refractivity contribution in [3.8, 4) is 0 Å². The third-order valence-electron chi connectivity index (χ3n) is 11.3. The highest BCUT2D eigenvalue weighted by atomic mass is 16.4. The Balaban J connectivity index is 2.10. The number of amides is 6. The first-order valence-corrected chi connectivity index (χ1v) is 20.4. The molecule has 0 saturated carbocycles. The van der Waals surface area contributed by atoms with E-state index in [1.165, 1.54) is 17.4 Å². The average Bonchev–Trinajstić information content (AvgIpc) is 3.69. The van der Waals surface area contributed by atoms with E-state index in [0.29, 0.717) is 12.1 Å². The summed E-state index contributed by atoms with van der Waals surface area (Å²) in [6.45, 7) is 10.6. The number of anilines is 1. The molecule has 18 heteroatoms. The molecular weight excluding hydrogens is 777 g/mol.